The Morgan fingerprint density at radius 3 is 1.53 bits per heavy atom. The van der Waals surface area contributed by atoms with Gasteiger partial charge in [0.15, 0.2) is 38.4 Å². The van der Waals surface area contributed by atoms with Gasteiger partial charge in [-0.2, -0.15) is 0 Å². The van der Waals surface area contributed by atoms with Gasteiger partial charge in [-0.15, -0.1) is 13.2 Å². The molecule has 3 atom stereocenters. The molecule has 2 fully saturated rings. The minimum atomic E-state index is -4.92. The molecule has 1 saturated carbocycles. The zero-order valence-corrected chi connectivity index (χ0v) is 61.1. The third-order valence-electron chi connectivity index (χ3n) is 17.1. The topological polar surface area (TPSA) is 445 Å². The molecule has 0 bridgehead atoms. The van der Waals surface area contributed by atoms with Crippen molar-refractivity contribution in [1.29, 1.82) is 0 Å². The molecule has 1 aliphatic carbocycles. The summed E-state index contributed by atoms with van der Waals surface area (Å²) in [4.78, 5) is 125. The maximum absolute atomic E-state index is 13.5. The number of aromatic nitrogens is 3. The molecule has 10 aromatic rings. The van der Waals surface area contributed by atoms with Gasteiger partial charge in [0.1, 0.15) is 19.9 Å². The van der Waals surface area contributed by atoms with Crippen molar-refractivity contribution in [2.45, 2.75) is 91.3 Å². The molecule has 1 saturated heterocycles. The lowest BCUT2D eigenvalue weighted by Gasteiger charge is -2.23. The van der Waals surface area contributed by atoms with Crippen LogP contribution < -0.4 is 19.4 Å². The minimum absolute atomic E-state index is 0.0104. The summed E-state index contributed by atoms with van der Waals surface area (Å²) < 4.78 is 104. The van der Waals surface area contributed by atoms with E-state index in [1.54, 1.807) is 36.4 Å². The molecular weight excluding hydrogens is 1570 g/mol. The van der Waals surface area contributed by atoms with Crippen LogP contribution in [0, 0.1) is 36.3 Å². The van der Waals surface area contributed by atoms with E-state index in [0.29, 0.717) is 31.8 Å². The summed E-state index contributed by atoms with van der Waals surface area (Å²) in [6.07, 6.45) is 2.69. The van der Waals surface area contributed by atoms with Crippen molar-refractivity contribution in [2.24, 2.45) is 5.92 Å². The number of nitrogens with zero attached hydrogens (tertiary/aromatic N) is 9. The van der Waals surface area contributed by atoms with Crippen LogP contribution >= 0.6 is 45.8 Å². The maximum Gasteiger partial charge on any atom is 0.573 e. The zero-order chi connectivity index (χ0) is 79.2. The molecule has 110 heavy (non-hydrogen) atoms. The molecule has 0 spiro atoms. The molecule has 14 rings (SSSR count). The molecular formula is C70H50F3N9O22S6. The largest absolute Gasteiger partial charge is 0.573 e. The Hall–Kier alpha value is -12.4. The molecule has 31 nitrogen and oxygen atoms in total. The second kappa shape index (κ2) is 30.7. The van der Waals surface area contributed by atoms with Gasteiger partial charge in [-0.05, 0) is 116 Å². The summed E-state index contributed by atoms with van der Waals surface area (Å²) in [5.41, 5.74) is 0.360. The number of sulfone groups is 2. The van der Waals surface area contributed by atoms with Crippen molar-refractivity contribution in [3.8, 4) is 5.75 Å². The monoisotopic (exact) mass is 1620 g/mol. The van der Waals surface area contributed by atoms with E-state index in [2.05, 4.69) is 19.7 Å². The number of hydrogen-bond acceptors (Lipinski definition) is 29. The van der Waals surface area contributed by atoms with Crippen molar-refractivity contribution in [3.63, 3.8) is 0 Å². The number of furan rings is 2. The first-order valence-corrected chi connectivity index (χ1v) is 38.1. The lowest BCUT2D eigenvalue weighted by molar-refractivity contribution is -0.385. The molecule has 5 aromatic carbocycles. The van der Waals surface area contributed by atoms with Crippen molar-refractivity contribution < 1.29 is 102 Å². The second-order valence-electron chi connectivity index (χ2n) is 24.3. The first-order valence-electron chi connectivity index (χ1n) is 31.9. The molecule has 3 amide bonds. The molecule has 4 aliphatic rings. The van der Waals surface area contributed by atoms with E-state index in [1.807, 2.05) is 13.8 Å². The predicted molar refractivity (Wildman–Crippen MR) is 385 cm³/mol. The Morgan fingerprint density at radius 1 is 0.609 bits per heavy atom. The van der Waals surface area contributed by atoms with Crippen LogP contribution in [0.2, 0.25) is 0 Å². The highest BCUT2D eigenvalue weighted by Gasteiger charge is 2.53. The number of amides is 3. The number of ketones is 3. The summed E-state index contributed by atoms with van der Waals surface area (Å²) in [6.45, 7) is 5.48. The van der Waals surface area contributed by atoms with Gasteiger partial charge in [0.25, 0.3) is 34.7 Å². The normalized spacial score (nSPS) is 17.2. The third kappa shape index (κ3) is 15.6. The number of Topliss-reactive ketones (excluding diaryl/α,β-unsaturated/α-hetero) is 3. The van der Waals surface area contributed by atoms with Gasteiger partial charge in [-0.25, -0.2) is 31.8 Å². The first-order chi connectivity index (χ1) is 52.1. The van der Waals surface area contributed by atoms with Crippen LogP contribution in [0.15, 0.2) is 241 Å². The first kappa shape index (κ1) is 77.3. The summed E-state index contributed by atoms with van der Waals surface area (Å²) in [7, 11) is -8.14. The van der Waals surface area contributed by atoms with Gasteiger partial charge >= 0.3 is 12.3 Å². The van der Waals surface area contributed by atoms with Crippen LogP contribution in [-0.2, 0) is 38.9 Å². The number of benzene rings is 5. The van der Waals surface area contributed by atoms with Gasteiger partial charge in [-0.1, -0.05) is 96.0 Å². The van der Waals surface area contributed by atoms with E-state index in [-0.39, 0.29) is 102 Å². The average molecular weight is 1620 g/mol. The van der Waals surface area contributed by atoms with E-state index in [1.165, 1.54) is 85.9 Å². The number of carbonyl (C=O) groups is 6. The smallest absolute Gasteiger partial charge is 0.507 e. The van der Waals surface area contributed by atoms with Crippen LogP contribution in [0.4, 0.5) is 45.6 Å². The number of nitro benzene ring substituents is 3. The number of nitro groups is 3. The highest BCUT2D eigenvalue weighted by atomic mass is 32.2. The Morgan fingerprint density at radius 2 is 1.06 bits per heavy atom. The number of hydrogen-bond donors (Lipinski definition) is 3. The quantitative estimate of drug-likeness (QED) is 0.0150. The van der Waals surface area contributed by atoms with E-state index >= 15 is 0 Å². The Kier molecular flexibility index (Phi) is 21.6. The molecule has 5 aromatic heterocycles. The number of non-ortho nitro benzene ring substituents is 3. The molecule has 3 N–H and O–H groups in total. The van der Waals surface area contributed by atoms with Crippen molar-refractivity contribution in [2.75, 3.05) is 14.7 Å². The standard InChI is InChI=1S/C30H22F3N3O6S2.C21H15N3O8S2.C19H13N3O8S2/c1-16(2)17-3-5-19(6-4-17)26(37)24-25(18-7-11-21(12-8-18)42-30(31,32)33)35(28(39)27(24)38)29-34-15-23(44-29)43-22-13-9-20(10-14-22)36(40)41;25-18(14-2-1-9-32-14)16-17(11-3-4-11)23(20(27)19(16)26)21-22-10-15(33-21)34(30,31)13-7-5-12(6-8-13)24(28)29;1-10-15(16(23)13-3-2-8-30-13)17(24)18(25)21(10)19-20-9-14(31-19)32(28,29)12-6-4-11(5-7-12)22(26)27/h3-16,25,37H,1-2H3;1-2,5-11,17,26H,3-4H2;2-10,24H,1H3. The fraction of sp³-hybridized carbons (Fsp3) is 0.157. The fourth-order valence-corrected chi connectivity index (χ4v) is 18.7. The molecule has 8 heterocycles. The summed E-state index contributed by atoms with van der Waals surface area (Å²) >= 11 is 3.66. The minimum Gasteiger partial charge on any atom is -0.507 e. The van der Waals surface area contributed by atoms with Gasteiger partial charge in [0, 0.05) is 46.9 Å². The molecule has 564 valence electrons. The molecule has 3 aliphatic heterocycles. The number of alkyl halides is 3. The highest BCUT2D eigenvalue weighted by molar-refractivity contribution is 8.01. The van der Waals surface area contributed by atoms with Crippen LogP contribution in [0.3, 0.4) is 0 Å². The van der Waals surface area contributed by atoms with E-state index in [9.17, 15) is 104 Å². The number of aliphatic hydroxyl groups excluding tert-OH is 3. The van der Waals surface area contributed by atoms with E-state index in [0.717, 1.165) is 117 Å². The van der Waals surface area contributed by atoms with Crippen LogP contribution in [0.25, 0.3) is 5.76 Å². The fourth-order valence-electron chi connectivity index (χ4n) is 11.5. The van der Waals surface area contributed by atoms with E-state index < -0.39 is 117 Å². The van der Waals surface area contributed by atoms with Crippen LogP contribution in [0.5, 0.6) is 5.75 Å². The number of anilines is 3. The highest BCUT2D eigenvalue weighted by Crippen LogP contribution is 2.49. The predicted octanol–water partition coefficient (Wildman–Crippen LogP) is 14.1. The van der Waals surface area contributed by atoms with Gasteiger partial charge in [0.2, 0.25) is 31.2 Å². The number of aliphatic hydroxyl groups is 3. The lowest BCUT2D eigenvalue weighted by atomic mass is 9.94. The Balaban J connectivity index is 0.000000156. The lowest BCUT2D eigenvalue weighted by Crippen LogP contribution is -2.38. The Labute approximate surface area is 633 Å². The number of rotatable bonds is 21. The van der Waals surface area contributed by atoms with Crippen LogP contribution in [-0.4, -0.2) is 115 Å². The van der Waals surface area contributed by atoms with Crippen molar-refractivity contribution in [3.05, 3.63) is 264 Å². The summed E-state index contributed by atoms with van der Waals surface area (Å²) in [6, 6.07) is 28.9. The van der Waals surface area contributed by atoms with Crippen LogP contribution in [0.1, 0.15) is 83.4 Å². The molecule has 0 radical (unpaired) electrons. The summed E-state index contributed by atoms with van der Waals surface area (Å²) in [5.74, 6) is -7.42. The zero-order valence-electron chi connectivity index (χ0n) is 56.3. The third-order valence-corrected chi connectivity index (χ3v) is 25.6. The molecule has 40 heteroatoms. The van der Waals surface area contributed by atoms with Gasteiger partial charge in [-0.3, -0.25) is 73.8 Å². The SMILES string of the molecule is CC(C)c1ccc(C(O)=C2C(=O)C(=O)N(c3ncc(Sc4ccc([N+](=O)[O-])cc4)s3)C2c2ccc(OC(F)(F)F)cc2)cc1.CC1C(C(=O)c2ccco2)=C(O)C(=O)N1c1ncc(S(=O)(=O)c2ccc([N+](=O)[O-])cc2)s1.O=C(C1=C(O)C(=O)N(c2ncc(S(=O)(=O)c3ccc([N+](=O)[O-])cc3)s2)C1C1CC1)c1ccco1. The number of thiazole rings is 3. The van der Waals surface area contributed by atoms with Gasteiger partial charge < -0.3 is 28.9 Å². The Bertz CT molecular complexity index is 5690. The van der Waals surface area contributed by atoms with Crippen molar-refractivity contribution >= 4 is 139 Å². The van der Waals surface area contributed by atoms with Gasteiger partial charge in [0.05, 0.1) is 94.7 Å². The number of ether oxygens (including phenoxy) is 1. The van der Waals surface area contributed by atoms with E-state index in [4.69, 9.17) is 8.83 Å². The number of carbonyl (C=O) groups excluding carboxylic acids is 6. The summed E-state index contributed by atoms with van der Waals surface area (Å²) in [5, 5.41) is 64.8. The molecule has 3 unspecified atom stereocenters. The maximum atomic E-state index is 13.5. The number of halogens is 3. The second-order valence-corrected chi connectivity index (χ2v) is 33.0. The average Bonchev–Trinajstić information content (AvgIpc) is 1.59. The van der Waals surface area contributed by atoms with Crippen molar-refractivity contribution in [1.82, 2.24) is 15.0 Å².